The van der Waals surface area contributed by atoms with Gasteiger partial charge < -0.3 is 4.79 Å². The third-order valence-corrected chi connectivity index (χ3v) is 3.47. The summed E-state index contributed by atoms with van der Waals surface area (Å²) < 4.78 is 0. The molecule has 0 spiro atoms. The molecule has 0 N–H and O–H groups in total. The average Bonchev–Trinajstić information content (AvgIpc) is 2.37. The van der Waals surface area contributed by atoms with Crippen molar-refractivity contribution in [1.29, 1.82) is 0 Å². The number of carbonyl (C=O) groups is 1. The Bertz CT molecular complexity index is 141. The second-order valence-corrected chi connectivity index (χ2v) is 4.17. The van der Waals surface area contributed by atoms with Crippen molar-refractivity contribution in [2.75, 3.05) is 0 Å². The molecule has 0 bridgehead atoms. The maximum atomic E-state index is 10.3. The maximum Gasteiger partial charge on any atom is 0.123 e. The van der Waals surface area contributed by atoms with Gasteiger partial charge in [0, 0.05) is 5.92 Å². The fourth-order valence-electron chi connectivity index (χ4n) is 2.63. The summed E-state index contributed by atoms with van der Waals surface area (Å²) in [4.78, 5) is 10.3. The number of rotatable bonds is 2. The highest BCUT2D eigenvalue weighted by atomic mass is 16.1. The minimum atomic E-state index is 0.431. The van der Waals surface area contributed by atoms with Gasteiger partial charge in [0.05, 0.1) is 0 Å². The van der Waals surface area contributed by atoms with Crippen LogP contribution in [0.15, 0.2) is 0 Å². The predicted octanol–water partition coefficient (Wildman–Crippen LogP) is 2.40. The lowest BCUT2D eigenvalue weighted by Gasteiger charge is -2.36. The van der Waals surface area contributed by atoms with E-state index in [1.54, 1.807) is 0 Å². The van der Waals surface area contributed by atoms with E-state index in [0.29, 0.717) is 5.92 Å². The molecule has 2 saturated carbocycles. The molecule has 0 aromatic carbocycles. The Hall–Kier alpha value is -0.330. The first-order chi connectivity index (χ1) is 5.40. The van der Waals surface area contributed by atoms with Gasteiger partial charge in [0.2, 0.25) is 0 Å². The van der Waals surface area contributed by atoms with Crippen LogP contribution in [-0.2, 0) is 4.79 Å². The van der Waals surface area contributed by atoms with Gasteiger partial charge in [0.15, 0.2) is 0 Å². The molecule has 0 aromatic heterocycles. The van der Waals surface area contributed by atoms with Crippen molar-refractivity contribution in [3.05, 3.63) is 0 Å². The highest BCUT2D eigenvalue weighted by Crippen LogP contribution is 2.44. The van der Waals surface area contributed by atoms with Crippen molar-refractivity contribution < 1.29 is 4.79 Å². The molecule has 0 heterocycles. The molecular formula is C10H16O. The van der Waals surface area contributed by atoms with E-state index in [0.717, 1.165) is 18.1 Å². The standard InChI is InChI=1S/C10H16O/c11-7-8-5-10(6-8)9-3-1-2-4-9/h7-10H,1-6H2. The van der Waals surface area contributed by atoms with Gasteiger partial charge >= 0.3 is 0 Å². The Morgan fingerprint density at radius 2 is 1.64 bits per heavy atom. The summed E-state index contributed by atoms with van der Waals surface area (Å²) >= 11 is 0. The van der Waals surface area contributed by atoms with E-state index in [-0.39, 0.29) is 0 Å². The van der Waals surface area contributed by atoms with Crippen LogP contribution < -0.4 is 0 Å². The topological polar surface area (TPSA) is 17.1 Å². The minimum Gasteiger partial charge on any atom is -0.303 e. The van der Waals surface area contributed by atoms with Crippen LogP contribution in [0.4, 0.5) is 0 Å². The number of aldehydes is 1. The van der Waals surface area contributed by atoms with E-state index in [1.807, 2.05) is 0 Å². The lowest BCUT2D eigenvalue weighted by atomic mass is 9.69. The molecule has 0 atom stereocenters. The van der Waals surface area contributed by atoms with E-state index in [4.69, 9.17) is 0 Å². The fraction of sp³-hybridized carbons (Fsp3) is 0.900. The lowest BCUT2D eigenvalue weighted by Crippen LogP contribution is -2.29. The van der Waals surface area contributed by atoms with Crippen molar-refractivity contribution in [2.45, 2.75) is 38.5 Å². The second-order valence-electron chi connectivity index (χ2n) is 4.17. The molecule has 2 rings (SSSR count). The summed E-state index contributed by atoms with van der Waals surface area (Å²) in [5, 5.41) is 0. The van der Waals surface area contributed by atoms with Gasteiger partial charge in [-0.1, -0.05) is 25.7 Å². The van der Waals surface area contributed by atoms with Crippen molar-refractivity contribution in [3.63, 3.8) is 0 Å². The molecule has 0 unspecified atom stereocenters. The molecule has 62 valence electrons. The summed E-state index contributed by atoms with van der Waals surface area (Å²) in [7, 11) is 0. The molecule has 2 fully saturated rings. The summed E-state index contributed by atoms with van der Waals surface area (Å²) in [6, 6.07) is 0. The molecule has 0 radical (unpaired) electrons. The molecular weight excluding hydrogens is 136 g/mol. The van der Waals surface area contributed by atoms with E-state index in [2.05, 4.69) is 0 Å². The molecule has 2 aliphatic carbocycles. The highest BCUT2D eigenvalue weighted by Gasteiger charge is 2.35. The van der Waals surface area contributed by atoms with Crippen molar-refractivity contribution >= 4 is 6.29 Å². The van der Waals surface area contributed by atoms with E-state index in [9.17, 15) is 4.79 Å². The zero-order valence-electron chi connectivity index (χ0n) is 6.96. The fourth-order valence-corrected chi connectivity index (χ4v) is 2.63. The lowest BCUT2D eigenvalue weighted by molar-refractivity contribution is -0.115. The van der Waals surface area contributed by atoms with Gasteiger partial charge in [-0.05, 0) is 24.7 Å². The number of carbonyl (C=O) groups excluding carboxylic acids is 1. The van der Waals surface area contributed by atoms with Crippen LogP contribution in [-0.4, -0.2) is 6.29 Å². The Morgan fingerprint density at radius 1 is 1.00 bits per heavy atom. The van der Waals surface area contributed by atoms with Crippen LogP contribution in [0.1, 0.15) is 38.5 Å². The smallest absolute Gasteiger partial charge is 0.123 e. The monoisotopic (exact) mass is 152 g/mol. The number of hydrogen-bond donors (Lipinski definition) is 0. The van der Waals surface area contributed by atoms with Crippen LogP contribution >= 0.6 is 0 Å². The van der Waals surface area contributed by atoms with Crippen LogP contribution in [0.25, 0.3) is 0 Å². The van der Waals surface area contributed by atoms with Crippen molar-refractivity contribution in [3.8, 4) is 0 Å². The first-order valence-corrected chi connectivity index (χ1v) is 4.85. The average molecular weight is 152 g/mol. The minimum absolute atomic E-state index is 0.431. The molecule has 0 saturated heterocycles. The Kier molecular flexibility index (Phi) is 1.97. The predicted molar refractivity (Wildman–Crippen MR) is 44.2 cm³/mol. The Balaban J connectivity index is 1.76. The van der Waals surface area contributed by atoms with Gasteiger partial charge in [0.25, 0.3) is 0 Å². The van der Waals surface area contributed by atoms with Crippen LogP contribution in [0.5, 0.6) is 0 Å². The van der Waals surface area contributed by atoms with E-state index < -0.39 is 0 Å². The first-order valence-electron chi connectivity index (χ1n) is 4.85. The SMILES string of the molecule is O=CC1CC(C2CCCC2)C1. The largest absolute Gasteiger partial charge is 0.303 e. The Labute approximate surface area is 68.2 Å². The molecule has 2 aliphatic rings. The normalized spacial score (nSPS) is 38.5. The van der Waals surface area contributed by atoms with Crippen LogP contribution in [0, 0.1) is 17.8 Å². The third-order valence-electron chi connectivity index (χ3n) is 3.47. The second kappa shape index (κ2) is 2.96. The van der Waals surface area contributed by atoms with E-state index >= 15 is 0 Å². The molecule has 11 heavy (non-hydrogen) atoms. The van der Waals surface area contributed by atoms with Gasteiger partial charge in [-0.25, -0.2) is 0 Å². The highest BCUT2D eigenvalue weighted by molar-refractivity contribution is 5.55. The molecule has 1 heteroatoms. The summed E-state index contributed by atoms with van der Waals surface area (Å²) in [5.41, 5.74) is 0. The van der Waals surface area contributed by atoms with Crippen molar-refractivity contribution in [1.82, 2.24) is 0 Å². The molecule has 0 aromatic rings. The van der Waals surface area contributed by atoms with Crippen LogP contribution in [0.3, 0.4) is 0 Å². The summed E-state index contributed by atoms with van der Waals surface area (Å²) in [6.45, 7) is 0. The third kappa shape index (κ3) is 1.33. The molecule has 0 aliphatic heterocycles. The summed E-state index contributed by atoms with van der Waals surface area (Å²) in [6.07, 6.45) is 9.31. The van der Waals surface area contributed by atoms with Gasteiger partial charge in [-0.15, -0.1) is 0 Å². The van der Waals surface area contributed by atoms with E-state index in [1.165, 1.54) is 38.5 Å². The maximum absolute atomic E-state index is 10.3. The first kappa shape index (κ1) is 7.33. The Morgan fingerprint density at radius 3 is 2.18 bits per heavy atom. The zero-order chi connectivity index (χ0) is 7.68. The molecule has 1 nitrogen and oxygen atoms in total. The molecule has 0 amide bonds. The van der Waals surface area contributed by atoms with Gasteiger partial charge in [-0.2, -0.15) is 0 Å². The zero-order valence-corrected chi connectivity index (χ0v) is 6.96. The van der Waals surface area contributed by atoms with Gasteiger partial charge in [-0.3, -0.25) is 0 Å². The number of hydrogen-bond acceptors (Lipinski definition) is 1. The van der Waals surface area contributed by atoms with Gasteiger partial charge in [0.1, 0.15) is 6.29 Å². The quantitative estimate of drug-likeness (QED) is 0.555. The van der Waals surface area contributed by atoms with Crippen molar-refractivity contribution in [2.24, 2.45) is 17.8 Å². The van der Waals surface area contributed by atoms with Crippen LogP contribution in [0.2, 0.25) is 0 Å². The summed E-state index contributed by atoms with van der Waals surface area (Å²) in [5.74, 6) is 2.35.